The summed E-state index contributed by atoms with van der Waals surface area (Å²) in [7, 11) is 2.18. The van der Waals surface area contributed by atoms with Gasteiger partial charge in [-0.2, -0.15) is 5.10 Å². The van der Waals surface area contributed by atoms with Crippen molar-refractivity contribution >= 4 is 12.2 Å². The molecule has 2 heterocycles. The van der Waals surface area contributed by atoms with Crippen LogP contribution in [0.5, 0.6) is 0 Å². The molecule has 3 aromatic rings. The van der Waals surface area contributed by atoms with Crippen molar-refractivity contribution in [1.29, 1.82) is 0 Å². The van der Waals surface area contributed by atoms with E-state index in [1.807, 2.05) is 29.2 Å². The number of fused-ring (bicyclic) bond motifs is 1. The molecule has 0 bridgehead atoms. The monoisotopic (exact) mass is 377 g/mol. The molecule has 5 nitrogen and oxygen atoms in total. The van der Waals surface area contributed by atoms with Crippen molar-refractivity contribution in [3.05, 3.63) is 64.7 Å². The van der Waals surface area contributed by atoms with Crippen molar-refractivity contribution in [3.63, 3.8) is 0 Å². The van der Waals surface area contributed by atoms with E-state index in [4.69, 9.17) is 17.3 Å². The first kappa shape index (κ1) is 16.8. The summed E-state index contributed by atoms with van der Waals surface area (Å²) < 4.78 is 5.05. The van der Waals surface area contributed by atoms with Crippen molar-refractivity contribution in [1.82, 2.24) is 24.2 Å². The minimum Gasteiger partial charge on any atom is -0.297 e. The van der Waals surface area contributed by atoms with Gasteiger partial charge in [-0.05, 0) is 68.2 Å². The number of hydrogen-bond donors (Lipinski definition) is 0. The van der Waals surface area contributed by atoms with Crippen LogP contribution >= 0.6 is 12.2 Å². The highest BCUT2D eigenvalue weighted by atomic mass is 32.1. The number of hydrogen-bond acceptors (Lipinski definition) is 4. The van der Waals surface area contributed by atoms with Crippen LogP contribution in [0.3, 0.4) is 0 Å². The second kappa shape index (κ2) is 6.69. The van der Waals surface area contributed by atoms with Gasteiger partial charge in [0, 0.05) is 30.0 Å². The molecule has 138 valence electrons. The van der Waals surface area contributed by atoms with Crippen LogP contribution < -0.4 is 0 Å². The Bertz CT molecular complexity index is 1020. The van der Waals surface area contributed by atoms with Gasteiger partial charge in [0.1, 0.15) is 0 Å². The van der Waals surface area contributed by atoms with Crippen LogP contribution in [0.4, 0.5) is 0 Å². The Morgan fingerprint density at radius 1 is 1.11 bits per heavy atom. The third-order valence-electron chi connectivity index (χ3n) is 5.71. The first-order chi connectivity index (χ1) is 13.2. The molecule has 6 heteroatoms. The summed E-state index contributed by atoms with van der Waals surface area (Å²) in [5, 5.41) is 4.91. The minimum atomic E-state index is 0.429. The van der Waals surface area contributed by atoms with Crippen LogP contribution in [0.2, 0.25) is 0 Å². The predicted molar refractivity (Wildman–Crippen MR) is 108 cm³/mol. The lowest BCUT2D eigenvalue weighted by Crippen LogP contribution is -2.26. The molecular weight excluding hydrogens is 354 g/mol. The average molecular weight is 378 g/mol. The van der Waals surface area contributed by atoms with Crippen LogP contribution in [0.1, 0.15) is 42.5 Å². The van der Waals surface area contributed by atoms with E-state index in [2.05, 4.69) is 45.8 Å². The second-order valence-corrected chi connectivity index (χ2v) is 7.96. The lowest BCUT2D eigenvalue weighted by atomic mass is 10.1. The number of rotatable bonds is 5. The Balaban J connectivity index is 1.47. The Kier molecular flexibility index (Phi) is 4.17. The molecule has 0 amide bonds. The Labute approximate surface area is 164 Å². The quantitative estimate of drug-likeness (QED) is 0.618. The largest absolute Gasteiger partial charge is 0.297 e. The van der Waals surface area contributed by atoms with E-state index in [-0.39, 0.29) is 0 Å². The lowest BCUT2D eigenvalue weighted by Gasteiger charge is -2.24. The standard InChI is InChI=1S/C21H23N5S/c1-24(19-9-6-15-4-2-3-5-18(15)19)14-25-21(27)26(17-7-8-17)20(23-25)16-10-12-22-13-11-16/h2-5,10-13,17,19H,6-9,14H2,1H3. The smallest absolute Gasteiger partial charge is 0.199 e. The fourth-order valence-corrected chi connectivity index (χ4v) is 4.51. The topological polar surface area (TPSA) is 38.9 Å². The fraction of sp³-hybridized carbons (Fsp3) is 0.381. The normalized spacial score (nSPS) is 18.8. The number of aromatic nitrogens is 4. The molecule has 1 aromatic carbocycles. The molecule has 2 aliphatic rings. The number of benzene rings is 1. The summed E-state index contributed by atoms with van der Waals surface area (Å²) in [5.74, 6) is 0.963. The van der Waals surface area contributed by atoms with Gasteiger partial charge in [-0.15, -0.1) is 0 Å². The summed E-state index contributed by atoms with van der Waals surface area (Å²) >= 11 is 5.82. The van der Waals surface area contributed by atoms with Crippen molar-refractivity contribution in [2.45, 2.75) is 44.4 Å². The van der Waals surface area contributed by atoms with Crippen LogP contribution in [0.25, 0.3) is 11.4 Å². The van der Waals surface area contributed by atoms with E-state index >= 15 is 0 Å². The molecule has 5 rings (SSSR count). The third kappa shape index (κ3) is 3.03. The van der Waals surface area contributed by atoms with Crippen LogP contribution in [0.15, 0.2) is 48.8 Å². The van der Waals surface area contributed by atoms with E-state index in [9.17, 15) is 0 Å². The summed E-state index contributed by atoms with van der Waals surface area (Å²) in [6, 6.07) is 13.7. The van der Waals surface area contributed by atoms with Crippen LogP contribution in [-0.2, 0) is 13.1 Å². The molecule has 0 spiro atoms. The summed E-state index contributed by atoms with van der Waals surface area (Å²) in [6.07, 6.45) is 8.30. The molecule has 1 saturated carbocycles. The van der Waals surface area contributed by atoms with Crippen molar-refractivity contribution in [3.8, 4) is 11.4 Å². The van der Waals surface area contributed by atoms with Gasteiger partial charge in [0.15, 0.2) is 10.6 Å². The maximum atomic E-state index is 5.82. The van der Waals surface area contributed by atoms with Gasteiger partial charge in [-0.1, -0.05) is 24.3 Å². The van der Waals surface area contributed by atoms with Crippen molar-refractivity contribution < 1.29 is 0 Å². The average Bonchev–Trinajstić information content (AvgIpc) is 3.35. The highest BCUT2D eigenvalue weighted by Crippen LogP contribution is 2.39. The van der Waals surface area contributed by atoms with Gasteiger partial charge in [-0.3, -0.25) is 14.5 Å². The van der Waals surface area contributed by atoms with Gasteiger partial charge in [0.25, 0.3) is 0 Å². The molecule has 0 aliphatic heterocycles. The predicted octanol–water partition coefficient (Wildman–Crippen LogP) is 4.39. The van der Waals surface area contributed by atoms with E-state index in [0.717, 1.165) is 29.0 Å². The third-order valence-corrected chi connectivity index (χ3v) is 6.12. The molecule has 0 radical (unpaired) electrons. The fourth-order valence-electron chi connectivity index (χ4n) is 4.17. The molecule has 0 saturated heterocycles. The first-order valence-electron chi connectivity index (χ1n) is 9.60. The van der Waals surface area contributed by atoms with Crippen LogP contribution in [0, 0.1) is 4.77 Å². The molecule has 1 unspecified atom stereocenters. The molecule has 1 atom stereocenters. The summed E-state index contributed by atoms with van der Waals surface area (Å²) in [6.45, 7) is 0.704. The zero-order valence-electron chi connectivity index (χ0n) is 15.5. The van der Waals surface area contributed by atoms with Crippen LogP contribution in [-0.4, -0.2) is 31.3 Å². The van der Waals surface area contributed by atoms with Gasteiger partial charge in [0.2, 0.25) is 0 Å². The van der Waals surface area contributed by atoms with E-state index < -0.39 is 0 Å². The second-order valence-electron chi connectivity index (χ2n) is 7.59. The van der Waals surface area contributed by atoms with Gasteiger partial charge >= 0.3 is 0 Å². The molecule has 0 N–H and O–H groups in total. The minimum absolute atomic E-state index is 0.429. The van der Waals surface area contributed by atoms with E-state index in [1.54, 1.807) is 0 Å². The van der Waals surface area contributed by atoms with Gasteiger partial charge in [0.05, 0.1) is 6.67 Å². The Morgan fingerprint density at radius 3 is 2.67 bits per heavy atom. The van der Waals surface area contributed by atoms with Crippen molar-refractivity contribution in [2.24, 2.45) is 0 Å². The first-order valence-corrected chi connectivity index (χ1v) is 10.0. The maximum absolute atomic E-state index is 5.82. The zero-order chi connectivity index (χ0) is 18.4. The highest BCUT2D eigenvalue weighted by Gasteiger charge is 2.30. The Morgan fingerprint density at radius 2 is 1.89 bits per heavy atom. The number of pyridine rings is 1. The lowest BCUT2D eigenvalue weighted by molar-refractivity contribution is 0.182. The number of nitrogens with zero attached hydrogens (tertiary/aromatic N) is 5. The van der Waals surface area contributed by atoms with E-state index in [0.29, 0.717) is 18.8 Å². The molecular formula is C21H23N5S. The molecule has 27 heavy (non-hydrogen) atoms. The molecule has 2 aliphatic carbocycles. The summed E-state index contributed by atoms with van der Waals surface area (Å²) in [4.78, 5) is 6.51. The highest BCUT2D eigenvalue weighted by molar-refractivity contribution is 7.71. The SMILES string of the molecule is CN(Cn1nc(-c2ccncc2)n(C2CC2)c1=S)C1CCc2ccccc21. The molecule has 2 aromatic heterocycles. The zero-order valence-corrected chi connectivity index (χ0v) is 16.3. The molecule has 1 fully saturated rings. The van der Waals surface area contributed by atoms with Crippen molar-refractivity contribution in [2.75, 3.05) is 7.05 Å². The van der Waals surface area contributed by atoms with E-state index in [1.165, 1.54) is 24.0 Å². The summed E-state index contributed by atoms with van der Waals surface area (Å²) in [5.41, 5.74) is 4.00. The Hall–Kier alpha value is -2.31. The van der Waals surface area contributed by atoms with Gasteiger partial charge in [-0.25, -0.2) is 4.68 Å². The van der Waals surface area contributed by atoms with Gasteiger partial charge < -0.3 is 0 Å². The number of aryl methyl sites for hydroxylation is 1. The maximum Gasteiger partial charge on any atom is 0.199 e.